The van der Waals surface area contributed by atoms with Crippen molar-refractivity contribution in [2.75, 3.05) is 0 Å². The molecule has 0 aliphatic heterocycles. The summed E-state index contributed by atoms with van der Waals surface area (Å²) in [4.78, 5) is 4.62. The van der Waals surface area contributed by atoms with Gasteiger partial charge in [-0.15, -0.1) is 22.7 Å². The Hall–Kier alpha value is -1.32. The van der Waals surface area contributed by atoms with E-state index in [0.717, 1.165) is 33.7 Å². The topological polar surface area (TPSA) is 59.1 Å². The van der Waals surface area contributed by atoms with Crippen molar-refractivity contribution in [3.63, 3.8) is 0 Å². The predicted octanol–water partition coefficient (Wildman–Crippen LogP) is 5.44. The van der Waals surface area contributed by atoms with Crippen molar-refractivity contribution in [3.8, 4) is 10.6 Å². The highest BCUT2D eigenvalue weighted by Gasteiger charge is 2.21. The van der Waals surface area contributed by atoms with Crippen LogP contribution in [0.2, 0.25) is 5.02 Å². The molecule has 1 N–H and O–H groups in total. The van der Waals surface area contributed by atoms with E-state index in [1.807, 2.05) is 5.38 Å². The van der Waals surface area contributed by atoms with Crippen LogP contribution in [0.15, 0.2) is 39.2 Å². The molecule has 0 spiro atoms. The first-order valence-electron chi connectivity index (χ1n) is 8.05. The van der Waals surface area contributed by atoms with Gasteiger partial charge in [-0.3, -0.25) is 0 Å². The number of halogens is 2. The van der Waals surface area contributed by atoms with Gasteiger partial charge in [-0.05, 0) is 23.8 Å². The summed E-state index contributed by atoms with van der Waals surface area (Å²) in [6.07, 6.45) is 0. The van der Waals surface area contributed by atoms with Crippen LogP contribution in [0.1, 0.15) is 32.0 Å². The lowest BCUT2D eigenvalue weighted by molar-refractivity contribution is 0.573. The number of hydrogen-bond acceptors (Lipinski definition) is 5. The number of hydrogen-bond donors (Lipinski definition) is 1. The van der Waals surface area contributed by atoms with Crippen LogP contribution >= 0.6 is 34.3 Å². The van der Waals surface area contributed by atoms with Crippen LogP contribution in [-0.4, -0.2) is 13.4 Å². The second-order valence-corrected chi connectivity index (χ2v) is 11.2. The quantitative estimate of drug-likeness (QED) is 0.570. The fraction of sp³-hybridized carbons (Fsp3) is 0.278. The van der Waals surface area contributed by atoms with Crippen LogP contribution in [0, 0.1) is 5.82 Å². The van der Waals surface area contributed by atoms with Crippen LogP contribution in [-0.2, 0) is 22.0 Å². The second-order valence-electron chi connectivity index (χ2n) is 7.00. The number of thiazole rings is 1. The van der Waals surface area contributed by atoms with Gasteiger partial charge in [0.2, 0.25) is 10.0 Å². The molecule has 4 nitrogen and oxygen atoms in total. The highest BCUT2D eigenvalue weighted by Crippen LogP contribution is 2.33. The molecule has 0 saturated heterocycles. The van der Waals surface area contributed by atoms with E-state index in [2.05, 4.69) is 30.5 Å². The first-order chi connectivity index (χ1) is 12.6. The third-order valence-corrected chi connectivity index (χ3v) is 7.91. The van der Waals surface area contributed by atoms with Gasteiger partial charge in [0, 0.05) is 33.3 Å². The van der Waals surface area contributed by atoms with E-state index in [1.54, 1.807) is 11.4 Å². The number of nitrogens with one attached hydrogen (secondary N) is 1. The average Bonchev–Trinajstić information content (AvgIpc) is 3.23. The molecular weight excluding hydrogens is 427 g/mol. The fourth-order valence-corrected chi connectivity index (χ4v) is 5.79. The Balaban J connectivity index is 1.77. The van der Waals surface area contributed by atoms with Crippen LogP contribution in [0.4, 0.5) is 4.39 Å². The summed E-state index contributed by atoms with van der Waals surface area (Å²) in [5, 5.41) is 4.75. The molecule has 27 heavy (non-hydrogen) atoms. The third-order valence-electron chi connectivity index (χ3n) is 3.83. The highest BCUT2D eigenvalue weighted by molar-refractivity contribution is 7.91. The van der Waals surface area contributed by atoms with Gasteiger partial charge >= 0.3 is 0 Å². The Morgan fingerprint density at radius 3 is 2.56 bits per heavy atom. The van der Waals surface area contributed by atoms with Gasteiger partial charge in [-0.2, -0.15) is 0 Å². The Kier molecular flexibility index (Phi) is 5.74. The number of nitrogens with zero attached hydrogens (tertiary/aromatic N) is 1. The molecule has 2 aromatic heterocycles. The first-order valence-corrected chi connectivity index (χ1v) is 11.7. The first kappa shape index (κ1) is 20.4. The van der Waals surface area contributed by atoms with E-state index >= 15 is 0 Å². The van der Waals surface area contributed by atoms with Gasteiger partial charge in [0.15, 0.2) is 0 Å². The largest absolute Gasteiger partial charge is 0.250 e. The maximum atomic E-state index is 13.1. The molecule has 3 rings (SSSR count). The zero-order valence-corrected chi connectivity index (χ0v) is 18.1. The average molecular weight is 445 g/mol. The van der Waals surface area contributed by atoms with E-state index in [1.165, 1.54) is 23.5 Å². The normalized spacial score (nSPS) is 12.5. The van der Waals surface area contributed by atoms with Crippen molar-refractivity contribution < 1.29 is 12.8 Å². The van der Waals surface area contributed by atoms with E-state index in [-0.39, 0.29) is 21.2 Å². The van der Waals surface area contributed by atoms with Crippen molar-refractivity contribution >= 4 is 44.3 Å². The number of sulfonamides is 1. The smallest absolute Gasteiger partial charge is 0.241 e. The van der Waals surface area contributed by atoms with Crippen molar-refractivity contribution in [2.45, 2.75) is 36.9 Å². The maximum Gasteiger partial charge on any atom is 0.250 e. The summed E-state index contributed by atoms with van der Waals surface area (Å²) in [5.41, 5.74) is 2.20. The Bertz CT molecular complexity index is 1070. The summed E-state index contributed by atoms with van der Waals surface area (Å²) in [5.74, 6) is -0.465. The van der Waals surface area contributed by atoms with Crippen LogP contribution in [0.3, 0.4) is 0 Å². The summed E-state index contributed by atoms with van der Waals surface area (Å²) in [7, 11) is -3.70. The van der Waals surface area contributed by atoms with Gasteiger partial charge in [0.1, 0.15) is 15.0 Å². The number of thiophene rings is 1. The van der Waals surface area contributed by atoms with E-state index in [4.69, 9.17) is 11.6 Å². The van der Waals surface area contributed by atoms with Gasteiger partial charge in [-0.25, -0.2) is 22.5 Å². The minimum absolute atomic E-state index is 0.0138. The molecule has 0 bridgehead atoms. The lowest BCUT2D eigenvalue weighted by Gasteiger charge is -2.14. The summed E-state index contributed by atoms with van der Waals surface area (Å²) in [6.45, 7) is 6.24. The van der Waals surface area contributed by atoms with Crippen LogP contribution < -0.4 is 4.72 Å². The molecule has 1 aromatic carbocycles. The Labute approximate surface area is 171 Å². The van der Waals surface area contributed by atoms with Crippen LogP contribution in [0.25, 0.3) is 10.6 Å². The molecule has 0 radical (unpaired) electrons. The molecule has 3 aromatic rings. The van der Waals surface area contributed by atoms with Gasteiger partial charge in [-0.1, -0.05) is 38.4 Å². The van der Waals surface area contributed by atoms with Gasteiger partial charge < -0.3 is 0 Å². The lowest BCUT2D eigenvalue weighted by Crippen LogP contribution is -2.22. The lowest BCUT2D eigenvalue weighted by atomic mass is 9.93. The molecule has 144 valence electrons. The Morgan fingerprint density at radius 2 is 1.93 bits per heavy atom. The summed E-state index contributed by atoms with van der Waals surface area (Å²) >= 11 is 8.58. The van der Waals surface area contributed by atoms with Crippen molar-refractivity contribution in [2.24, 2.45) is 0 Å². The minimum Gasteiger partial charge on any atom is -0.241 e. The second kappa shape index (κ2) is 7.60. The Morgan fingerprint density at radius 1 is 1.19 bits per heavy atom. The van der Waals surface area contributed by atoms with E-state index in [0.29, 0.717) is 5.56 Å². The molecule has 0 saturated carbocycles. The van der Waals surface area contributed by atoms with Crippen molar-refractivity contribution in [1.29, 1.82) is 0 Å². The third kappa shape index (κ3) is 4.75. The van der Waals surface area contributed by atoms with Crippen molar-refractivity contribution in [1.82, 2.24) is 9.71 Å². The van der Waals surface area contributed by atoms with E-state index < -0.39 is 15.8 Å². The number of benzene rings is 1. The van der Waals surface area contributed by atoms with E-state index in [9.17, 15) is 12.8 Å². The SMILES string of the molecule is CC(C)(C)c1csc(-c2csc(S(=O)(=O)NCc3ccc(F)cc3Cl)c2)n1. The molecule has 9 heteroatoms. The zero-order chi connectivity index (χ0) is 19.8. The van der Waals surface area contributed by atoms with Crippen molar-refractivity contribution in [3.05, 3.63) is 57.1 Å². The molecule has 0 aliphatic rings. The summed E-state index contributed by atoms with van der Waals surface area (Å²) in [6, 6.07) is 5.48. The molecule has 2 heterocycles. The minimum atomic E-state index is -3.70. The molecule has 0 fully saturated rings. The summed E-state index contributed by atoms with van der Waals surface area (Å²) < 4.78 is 40.9. The van der Waals surface area contributed by atoms with Gasteiger partial charge in [0.25, 0.3) is 0 Å². The molecule has 0 unspecified atom stereocenters. The fourth-order valence-electron chi connectivity index (χ4n) is 2.23. The molecule has 0 aliphatic carbocycles. The number of aromatic nitrogens is 1. The monoisotopic (exact) mass is 444 g/mol. The zero-order valence-electron chi connectivity index (χ0n) is 14.9. The molecule has 0 amide bonds. The number of rotatable bonds is 5. The van der Waals surface area contributed by atoms with Gasteiger partial charge in [0.05, 0.1) is 5.69 Å². The predicted molar refractivity (Wildman–Crippen MR) is 110 cm³/mol. The maximum absolute atomic E-state index is 13.1. The highest BCUT2D eigenvalue weighted by atomic mass is 35.5. The molecule has 0 atom stereocenters. The standard InChI is InChI=1S/C18H18ClFN2O2S3/c1-18(2,3)15-10-26-17(22-15)12-6-16(25-9-12)27(23,24)21-8-11-4-5-13(20)7-14(11)19/h4-7,9-10,21H,8H2,1-3H3. The molecular formula is C18H18ClFN2O2S3. The van der Waals surface area contributed by atoms with Crippen LogP contribution in [0.5, 0.6) is 0 Å².